The summed E-state index contributed by atoms with van der Waals surface area (Å²) in [5.74, 6) is 1.46. The van der Waals surface area contributed by atoms with Gasteiger partial charge in [-0.1, -0.05) is 48.9 Å². The normalized spacial score (nSPS) is 21.5. The fourth-order valence-electron chi connectivity index (χ4n) is 4.06. The maximum atomic E-state index is 12.7. The Balaban J connectivity index is 1.45. The Hall–Kier alpha value is -1.61. The van der Waals surface area contributed by atoms with Gasteiger partial charge in [0.05, 0.1) is 0 Å². The van der Waals surface area contributed by atoms with Crippen LogP contribution < -0.4 is 0 Å². The summed E-state index contributed by atoms with van der Waals surface area (Å²) in [5.41, 5.74) is 2.66. The lowest BCUT2D eigenvalue weighted by molar-refractivity contribution is -0.138. The highest BCUT2D eigenvalue weighted by Gasteiger charge is 2.30. The summed E-state index contributed by atoms with van der Waals surface area (Å²) in [6.45, 7) is 9.54. The van der Waals surface area contributed by atoms with Crippen molar-refractivity contribution >= 4 is 12.0 Å². The molecule has 2 saturated heterocycles. The second-order valence-corrected chi connectivity index (χ2v) is 7.96. The van der Waals surface area contributed by atoms with Gasteiger partial charge in [0.15, 0.2) is 0 Å². The fourth-order valence-corrected chi connectivity index (χ4v) is 4.06. The van der Waals surface area contributed by atoms with Gasteiger partial charge in [-0.3, -0.25) is 9.69 Å². The smallest absolute Gasteiger partial charge is 0.225 e. The largest absolute Gasteiger partial charge is 0.342 e. The topological polar surface area (TPSA) is 23.6 Å². The predicted molar refractivity (Wildman–Crippen MR) is 104 cm³/mol. The van der Waals surface area contributed by atoms with E-state index in [1.807, 2.05) is 0 Å². The molecule has 0 atom stereocenters. The van der Waals surface area contributed by atoms with E-state index in [1.54, 1.807) is 0 Å². The van der Waals surface area contributed by atoms with E-state index in [-0.39, 0.29) is 5.92 Å². The Kier molecular flexibility index (Phi) is 6.30. The van der Waals surface area contributed by atoms with Crippen molar-refractivity contribution in [1.29, 1.82) is 0 Å². The molecule has 0 aromatic heterocycles. The summed E-state index contributed by atoms with van der Waals surface area (Å²) in [6, 6.07) is 10.5. The number of benzene rings is 1. The highest BCUT2D eigenvalue weighted by atomic mass is 16.2. The molecule has 1 aromatic rings. The fraction of sp³-hybridized carbons (Fsp3) is 0.591. The van der Waals surface area contributed by atoms with Gasteiger partial charge in [-0.2, -0.15) is 0 Å². The molecule has 1 aromatic carbocycles. The third kappa shape index (κ3) is 5.18. The summed E-state index contributed by atoms with van der Waals surface area (Å²) in [4.78, 5) is 17.3. The zero-order valence-electron chi connectivity index (χ0n) is 15.8. The average Bonchev–Trinajstić information content (AvgIpc) is 2.63. The van der Waals surface area contributed by atoms with Crippen molar-refractivity contribution in [2.24, 2.45) is 11.8 Å². The maximum absolute atomic E-state index is 12.7. The first kappa shape index (κ1) is 18.2. The van der Waals surface area contributed by atoms with Crippen molar-refractivity contribution in [3.63, 3.8) is 0 Å². The van der Waals surface area contributed by atoms with Gasteiger partial charge < -0.3 is 4.90 Å². The van der Waals surface area contributed by atoms with E-state index in [4.69, 9.17) is 0 Å². The highest BCUT2D eigenvalue weighted by molar-refractivity contribution is 5.79. The highest BCUT2D eigenvalue weighted by Crippen LogP contribution is 2.24. The molecular weight excluding hydrogens is 308 g/mol. The monoisotopic (exact) mass is 340 g/mol. The Morgan fingerprint density at radius 3 is 2.32 bits per heavy atom. The van der Waals surface area contributed by atoms with Crippen LogP contribution in [-0.4, -0.2) is 48.4 Å². The van der Waals surface area contributed by atoms with Crippen LogP contribution in [0.1, 0.15) is 45.1 Å². The molecular formula is C22H32N2O. The van der Waals surface area contributed by atoms with Gasteiger partial charge in [-0.25, -0.2) is 0 Å². The summed E-state index contributed by atoms with van der Waals surface area (Å²) in [7, 11) is 0. The molecule has 136 valence electrons. The van der Waals surface area contributed by atoms with Gasteiger partial charge in [-0.05, 0) is 57.2 Å². The SMILES string of the molecule is CC(=Cc1ccccc1)CN1CCC(C(=O)N2CCC(C)CC2)CC1. The molecule has 1 amide bonds. The van der Waals surface area contributed by atoms with Gasteiger partial charge in [0.1, 0.15) is 0 Å². The van der Waals surface area contributed by atoms with E-state index in [2.05, 4.69) is 60.1 Å². The van der Waals surface area contributed by atoms with Crippen molar-refractivity contribution in [3.05, 3.63) is 41.5 Å². The van der Waals surface area contributed by atoms with E-state index < -0.39 is 0 Å². The first-order valence-electron chi connectivity index (χ1n) is 9.85. The van der Waals surface area contributed by atoms with Crippen LogP contribution in [0.4, 0.5) is 0 Å². The van der Waals surface area contributed by atoms with Crippen LogP contribution >= 0.6 is 0 Å². The molecule has 2 aliphatic heterocycles. The minimum Gasteiger partial charge on any atom is -0.342 e. The number of hydrogen-bond donors (Lipinski definition) is 0. The first-order valence-corrected chi connectivity index (χ1v) is 9.85. The van der Waals surface area contributed by atoms with Crippen LogP contribution in [0.3, 0.4) is 0 Å². The van der Waals surface area contributed by atoms with E-state index >= 15 is 0 Å². The van der Waals surface area contributed by atoms with Crippen LogP contribution in [0.5, 0.6) is 0 Å². The summed E-state index contributed by atoms with van der Waals surface area (Å²) in [6.07, 6.45) is 6.65. The Bertz CT molecular complexity index is 579. The van der Waals surface area contributed by atoms with Crippen molar-refractivity contribution < 1.29 is 4.79 Å². The summed E-state index contributed by atoms with van der Waals surface area (Å²) >= 11 is 0. The Labute approximate surface area is 152 Å². The quantitative estimate of drug-likeness (QED) is 0.825. The molecule has 0 N–H and O–H groups in total. The van der Waals surface area contributed by atoms with Crippen LogP contribution in [0, 0.1) is 11.8 Å². The van der Waals surface area contributed by atoms with E-state index in [0.29, 0.717) is 5.91 Å². The number of amides is 1. The van der Waals surface area contributed by atoms with E-state index in [0.717, 1.165) is 51.5 Å². The molecule has 3 rings (SSSR count). The lowest BCUT2D eigenvalue weighted by Crippen LogP contribution is -2.45. The molecule has 2 aliphatic rings. The molecule has 0 aliphatic carbocycles. The molecule has 0 radical (unpaired) electrons. The van der Waals surface area contributed by atoms with Gasteiger partial charge >= 0.3 is 0 Å². The first-order chi connectivity index (χ1) is 12.1. The number of likely N-dealkylation sites (tertiary alicyclic amines) is 2. The zero-order chi connectivity index (χ0) is 17.6. The van der Waals surface area contributed by atoms with Crippen molar-refractivity contribution in [2.75, 3.05) is 32.7 Å². The molecule has 2 heterocycles. The zero-order valence-corrected chi connectivity index (χ0v) is 15.8. The number of nitrogens with zero attached hydrogens (tertiary/aromatic N) is 2. The average molecular weight is 341 g/mol. The molecule has 0 spiro atoms. The van der Waals surface area contributed by atoms with Gasteiger partial charge in [-0.15, -0.1) is 0 Å². The van der Waals surface area contributed by atoms with Gasteiger partial charge in [0.25, 0.3) is 0 Å². The molecule has 2 fully saturated rings. The molecule has 25 heavy (non-hydrogen) atoms. The number of hydrogen-bond acceptors (Lipinski definition) is 2. The standard InChI is InChI=1S/C22H32N2O/c1-18-8-14-24(15-9-18)22(25)21-10-12-23(13-11-21)17-19(2)16-20-6-4-3-5-7-20/h3-7,16,18,21H,8-15,17H2,1-2H3. The number of piperidine rings is 2. The van der Waals surface area contributed by atoms with Gasteiger partial charge in [0, 0.05) is 25.6 Å². The second kappa shape index (κ2) is 8.66. The van der Waals surface area contributed by atoms with Crippen LogP contribution in [0.15, 0.2) is 35.9 Å². The number of carbonyl (C=O) groups excluding carboxylic acids is 1. The number of carbonyl (C=O) groups is 1. The number of rotatable bonds is 4. The van der Waals surface area contributed by atoms with E-state index in [1.165, 1.54) is 24.0 Å². The van der Waals surface area contributed by atoms with Gasteiger partial charge in [0.2, 0.25) is 5.91 Å². The molecule has 0 saturated carbocycles. The summed E-state index contributed by atoms with van der Waals surface area (Å²) in [5, 5.41) is 0. The van der Waals surface area contributed by atoms with Crippen LogP contribution in [-0.2, 0) is 4.79 Å². The minimum atomic E-state index is 0.253. The predicted octanol–water partition coefficient (Wildman–Crippen LogP) is 4.06. The minimum absolute atomic E-state index is 0.253. The molecule has 0 bridgehead atoms. The van der Waals surface area contributed by atoms with Crippen LogP contribution in [0.25, 0.3) is 6.08 Å². The molecule has 0 unspecified atom stereocenters. The maximum Gasteiger partial charge on any atom is 0.225 e. The Morgan fingerprint density at radius 1 is 1.04 bits per heavy atom. The summed E-state index contributed by atoms with van der Waals surface area (Å²) < 4.78 is 0. The lowest BCUT2D eigenvalue weighted by Gasteiger charge is -2.36. The van der Waals surface area contributed by atoms with Crippen molar-refractivity contribution in [3.8, 4) is 0 Å². The third-order valence-electron chi connectivity index (χ3n) is 5.72. The van der Waals surface area contributed by atoms with Crippen LogP contribution in [0.2, 0.25) is 0 Å². The second-order valence-electron chi connectivity index (χ2n) is 7.96. The lowest BCUT2D eigenvalue weighted by atomic mass is 9.92. The molecule has 3 heteroatoms. The molecule has 3 nitrogen and oxygen atoms in total. The van der Waals surface area contributed by atoms with E-state index in [9.17, 15) is 4.79 Å². The third-order valence-corrected chi connectivity index (χ3v) is 5.72. The Morgan fingerprint density at radius 2 is 1.68 bits per heavy atom. The van der Waals surface area contributed by atoms with Crippen molar-refractivity contribution in [1.82, 2.24) is 9.80 Å². The van der Waals surface area contributed by atoms with Crippen molar-refractivity contribution in [2.45, 2.75) is 39.5 Å².